The average Bonchev–Trinajstić information content (AvgIpc) is 2.32. The topological polar surface area (TPSA) is 47.3 Å². The first-order chi connectivity index (χ1) is 8.17. The third-order valence-corrected chi connectivity index (χ3v) is 2.60. The van der Waals surface area contributed by atoms with Gasteiger partial charge < -0.3 is 15.8 Å². The van der Waals surface area contributed by atoms with Crippen molar-refractivity contribution in [1.82, 2.24) is 0 Å². The van der Waals surface area contributed by atoms with Crippen molar-refractivity contribution in [2.45, 2.75) is 20.3 Å². The predicted molar refractivity (Wildman–Crippen MR) is 68.9 cm³/mol. The molecule has 0 spiro atoms. The van der Waals surface area contributed by atoms with Crippen molar-refractivity contribution in [1.29, 1.82) is 0 Å². The van der Waals surface area contributed by atoms with Crippen LogP contribution in [-0.2, 0) is 0 Å². The van der Waals surface area contributed by atoms with Gasteiger partial charge in [-0.3, -0.25) is 0 Å². The maximum Gasteiger partial charge on any atom is 0.167 e. The first-order valence-corrected chi connectivity index (χ1v) is 6.03. The van der Waals surface area contributed by atoms with Crippen LogP contribution in [0.15, 0.2) is 18.2 Å². The number of rotatable bonds is 7. The monoisotopic (exact) mass is 240 g/mol. The Morgan fingerprint density at radius 3 is 2.82 bits per heavy atom. The molecule has 96 valence electrons. The molecule has 4 heteroatoms. The zero-order chi connectivity index (χ0) is 12.7. The van der Waals surface area contributed by atoms with Gasteiger partial charge in [-0.2, -0.15) is 0 Å². The maximum atomic E-state index is 13.5. The van der Waals surface area contributed by atoms with Crippen LogP contribution in [0.3, 0.4) is 0 Å². The Morgan fingerprint density at radius 2 is 2.24 bits per heavy atom. The number of benzene rings is 1. The summed E-state index contributed by atoms with van der Waals surface area (Å²) in [6, 6.07) is 4.92. The molecule has 1 aromatic rings. The summed E-state index contributed by atoms with van der Waals surface area (Å²) >= 11 is 0. The van der Waals surface area contributed by atoms with E-state index in [1.165, 1.54) is 6.07 Å². The van der Waals surface area contributed by atoms with Gasteiger partial charge in [0.2, 0.25) is 0 Å². The van der Waals surface area contributed by atoms with Gasteiger partial charge in [0.25, 0.3) is 0 Å². The summed E-state index contributed by atoms with van der Waals surface area (Å²) in [5.41, 5.74) is 6.30. The van der Waals surface area contributed by atoms with Gasteiger partial charge in [-0.25, -0.2) is 4.39 Å². The van der Waals surface area contributed by atoms with Crippen LogP contribution in [0.4, 0.5) is 10.1 Å². The van der Waals surface area contributed by atoms with E-state index >= 15 is 0 Å². The molecule has 0 fully saturated rings. The molecule has 0 saturated carbocycles. The lowest BCUT2D eigenvalue weighted by Crippen LogP contribution is -2.15. The van der Waals surface area contributed by atoms with Gasteiger partial charge in [-0.15, -0.1) is 0 Å². The van der Waals surface area contributed by atoms with E-state index in [9.17, 15) is 4.39 Å². The van der Waals surface area contributed by atoms with E-state index in [0.29, 0.717) is 24.8 Å². The summed E-state index contributed by atoms with van der Waals surface area (Å²) in [5.74, 6) is 0.451. The fraction of sp³-hybridized carbons (Fsp3) is 0.538. The zero-order valence-electron chi connectivity index (χ0n) is 10.5. The quantitative estimate of drug-likeness (QED) is 0.770. The minimum absolute atomic E-state index is 0.299. The molecule has 3 N–H and O–H groups in total. The van der Waals surface area contributed by atoms with E-state index in [-0.39, 0.29) is 5.82 Å². The Bertz CT molecular complexity index is 344. The summed E-state index contributed by atoms with van der Waals surface area (Å²) < 4.78 is 18.6. The Balaban J connectivity index is 2.47. The second kappa shape index (κ2) is 7.12. The predicted octanol–water partition coefficient (Wildman–Crippen LogP) is 2.62. The SMILES string of the molecule is CCOc1ccc(NCCC(C)CN)cc1F. The fourth-order valence-electron chi connectivity index (χ4n) is 1.46. The second-order valence-electron chi connectivity index (χ2n) is 4.13. The highest BCUT2D eigenvalue weighted by molar-refractivity contribution is 5.47. The van der Waals surface area contributed by atoms with Crippen molar-refractivity contribution in [3.63, 3.8) is 0 Å². The lowest BCUT2D eigenvalue weighted by molar-refractivity contribution is 0.321. The molecule has 17 heavy (non-hydrogen) atoms. The van der Waals surface area contributed by atoms with Gasteiger partial charge in [-0.1, -0.05) is 6.92 Å². The molecule has 0 amide bonds. The van der Waals surface area contributed by atoms with E-state index in [4.69, 9.17) is 10.5 Å². The van der Waals surface area contributed by atoms with Crippen LogP contribution >= 0.6 is 0 Å². The number of halogens is 1. The fourth-order valence-corrected chi connectivity index (χ4v) is 1.46. The molecule has 0 aliphatic rings. The molecule has 1 unspecified atom stereocenters. The van der Waals surface area contributed by atoms with Crippen molar-refractivity contribution in [2.75, 3.05) is 25.0 Å². The second-order valence-corrected chi connectivity index (χ2v) is 4.13. The first kappa shape index (κ1) is 13.8. The van der Waals surface area contributed by atoms with Crippen LogP contribution < -0.4 is 15.8 Å². The molecule has 0 radical (unpaired) electrons. The smallest absolute Gasteiger partial charge is 0.167 e. The number of ether oxygens (including phenoxy) is 1. The number of hydrogen-bond donors (Lipinski definition) is 2. The van der Waals surface area contributed by atoms with Crippen LogP contribution in [0.1, 0.15) is 20.3 Å². The first-order valence-electron chi connectivity index (χ1n) is 6.03. The Hall–Kier alpha value is -1.29. The Morgan fingerprint density at radius 1 is 1.47 bits per heavy atom. The van der Waals surface area contributed by atoms with E-state index in [1.807, 2.05) is 13.0 Å². The van der Waals surface area contributed by atoms with Crippen LogP contribution in [-0.4, -0.2) is 19.7 Å². The van der Waals surface area contributed by atoms with Crippen LogP contribution in [0.2, 0.25) is 0 Å². The van der Waals surface area contributed by atoms with Gasteiger partial charge in [0.15, 0.2) is 11.6 Å². The minimum Gasteiger partial charge on any atom is -0.491 e. The molecule has 0 aliphatic heterocycles. The Labute approximate surface area is 102 Å². The molecule has 1 aromatic carbocycles. The molecular formula is C13H21FN2O. The third-order valence-electron chi connectivity index (χ3n) is 2.60. The number of anilines is 1. The lowest BCUT2D eigenvalue weighted by Gasteiger charge is -2.11. The van der Waals surface area contributed by atoms with Gasteiger partial charge in [-0.05, 0) is 37.9 Å². The molecule has 0 bridgehead atoms. The van der Waals surface area contributed by atoms with Crippen LogP contribution in [0, 0.1) is 11.7 Å². The molecule has 3 nitrogen and oxygen atoms in total. The standard InChI is InChI=1S/C13H21FN2O/c1-3-17-13-5-4-11(8-12(13)14)16-7-6-10(2)9-15/h4-5,8,10,16H,3,6-7,9,15H2,1-2H3. The van der Waals surface area contributed by atoms with E-state index in [0.717, 1.165) is 18.7 Å². The van der Waals surface area contributed by atoms with E-state index < -0.39 is 0 Å². The summed E-state index contributed by atoms with van der Waals surface area (Å²) in [6.07, 6.45) is 0.978. The highest BCUT2D eigenvalue weighted by Crippen LogP contribution is 2.21. The molecule has 0 aromatic heterocycles. The molecule has 0 saturated heterocycles. The minimum atomic E-state index is -0.330. The zero-order valence-corrected chi connectivity index (χ0v) is 10.5. The third kappa shape index (κ3) is 4.61. The molecule has 0 aliphatic carbocycles. The van der Waals surface area contributed by atoms with Crippen molar-refractivity contribution < 1.29 is 9.13 Å². The lowest BCUT2D eigenvalue weighted by atomic mass is 10.1. The van der Waals surface area contributed by atoms with E-state index in [1.54, 1.807) is 6.07 Å². The van der Waals surface area contributed by atoms with Gasteiger partial charge in [0.05, 0.1) is 6.61 Å². The van der Waals surface area contributed by atoms with Crippen LogP contribution in [0.5, 0.6) is 5.75 Å². The van der Waals surface area contributed by atoms with Crippen molar-refractivity contribution in [2.24, 2.45) is 11.7 Å². The summed E-state index contributed by atoms with van der Waals surface area (Å²) in [7, 11) is 0. The molecular weight excluding hydrogens is 219 g/mol. The molecule has 1 rings (SSSR count). The van der Waals surface area contributed by atoms with Gasteiger partial charge in [0, 0.05) is 18.3 Å². The van der Waals surface area contributed by atoms with Gasteiger partial charge in [0.1, 0.15) is 0 Å². The largest absolute Gasteiger partial charge is 0.491 e. The highest BCUT2D eigenvalue weighted by Gasteiger charge is 2.04. The summed E-state index contributed by atoms with van der Waals surface area (Å²) in [5, 5.41) is 3.17. The maximum absolute atomic E-state index is 13.5. The van der Waals surface area contributed by atoms with Crippen molar-refractivity contribution >= 4 is 5.69 Å². The number of hydrogen-bond acceptors (Lipinski definition) is 3. The molecule has 0 heterocycles. The highest BCUT2D eigenvalue weighted by atomic mass is 19.1. The summed E-state index contributed by atoms with van der Waals surface area (Å²) in [6.45, 7) is 5.88. The normalized spacial score (nSPS) is 12.2. The van der Waals surface area contributed by atoms with Gasteiger partial charge >= 0.3 is 0 Å². The average molecular weight is 240 g/mol. The van der Waals surface area contributed by atoms with Crippen LogP contribution in [0.25, 0.3) is 0 Å². The Kier molecular flexibility index (Phi) is 5.77. The summed E-state index contributed by atoms with van der Waals surface area (Å²) in [4.78, 5) is 0. The number of nitrogens with one attached hydrogen (secondary N) is 1. The van der Waals surface area contributed by atoms with Crippen molar-refractivity contribution in [3.8, 4) is 5.75 Å². The number of nitrogens with two attached hydrogens (primary N) is 1. The van der Waals surface area contributed by atoms with E-state index in [2.05, 4.69) is 12.2 Å². The van der Waals surface area contributed by atoms with Crippen molar-refractivity contribution in [3.05, 3.63) is 24.0 Å². The molecule has 1 atom stereocenters.